The summed E-state index contributed by atoms with van der Waals surface area (Å²) in [4.78, 5) is 24.5. The maximum absolute atomic E-state index is 13.7. The van der Waals surface area contributed by atoms with E-state index in [0.29, 0.717) is 12.5 Å². The summed E-state index contributed by atoms with van der Waals surface area (Å²) in [7, 11) is 0. The second-order valence-electron chi connectivity index (χ2n) is 8.71. The second kappa shape index (κ2) is 14.9. The topological polar surface area (TPSA) is 52.6 Å². The number of hydrogen-bond acceptors (Lipinski definition) is 4. The van der Waals surface area contributed by atoms with Gasteiger partial charge in [-0.1, -0.05) is 77.6 Å². The summed E-state index contributed by atoms with van der Waals surface area (Å²) in [6.07, 6.45) is 14.2. The van der Waals surface area contributed by atoms with Gasteiger partial charge in [-0.3, -0.25) is 9.59 Å². The molecule has 0 unspecified atom stereocenters. The Bertz CT molecular complexity index is 719. The third-order valence-electron chi connectivity index (χ3n) is 5.45. The molecular formula is C25H37F3O4. The lowest BCUT2D eigenvalue weighted by Crippen LogP contribution is -2.38. The van der Waals surface area contributed by atoms with Crippen molar-refractivity contribution in [3.8, 4) is 5.75 Å². The number of hydrogen-bond donors (Lipinski definition) is 0. The van der Waals surface area contributed by atoms with Crippen molar-refractivity contribution >= 4 is 11.9 Å². The smallest absolute Gasteiger partial charge is 0.328 e. The Morgan fingerprint density at radius 2 is 1.25 bits per heavy atom. The third kappa shape index (κ3) is 9.61. The molecule has 4 nitrogen and oxygen atoms in total. The number of unbranched alkanes of at least 4 members (excludes halogenated alkanes) is 11. The first kappa shape index (κ1) is 28.0. The van der Waals surface area contributed by atoms with E-state index in [1.807, 2.05) is 0 Å². The van der Waals surface area contributed by atoms with E-state index in [-0.39, 0.29) is 6.61 Å². The van der Waals surface area contributed by atoms with E-state index >= 15 is 0 Å². The SMILES string of the molecule is CCCCCCCCCCCCCCOC(=O)C(C)(C)C(=O)Oc1ccc(F)c(F)c1F. The molecule has 0 aromatic heterocycles. The van der Waals surface area contributed by atoms with Gasteiger partial charge in [-0.25, -0.2) is 8.78 Å². The average molecular weight is 459 g/mol. The van der Waals surface area contributed by atoms with Gasteiger partial charge in [-0.2, -0.15) is 4.39 Å². The highest BCUT2D eigenvalue weighted by Crippen LogP contribution is 2.26. The Labute approximate surface area is 189 Å². The maximum atomic E-state index is 13.7. The maximum Gasteiger partial charge on any atom is 0.328 e. The Hall–Kier alpha value is -2.05. The summed E-state index contributed by atoms with van der Waals surface area (Å²) in [5.74, 6) is -7.48. The highest BCUT2D eigenvalue weighted by Gasteiger charge is 2.40. The fraction of sp³-hybridized carbons (Fsp3) is 0.680. The molecule has 0 atom stereocenters. The van der Waals surface area contributed by atoms with Crippen LogP contribution in [-0.2, 0) is 14.3 Å². The molecule has 0 radical (unpaired) electrons. The quantitative estimate of drug-likeness (QED) is 0.0859. The van der Waals surface area contributed by atoms with Gasteiger partial charge in [-0.15, -0.1) is 0 Å². The van der Waals surface area contributed by atoms with Gasteiger partial charge in [0.25, 0.3) is 0 Å². The van der Waals surface area contributed by atoms with Gasteiger partial charge < -0.3 is 9.47 Å². The minimum absolute atomic E-state index is 0.173. The number of benzene rings is 1. The zero-order valence-corrected chi connectivity index (χ0v) is 19.6. The van der Waals surface area contributed by atoms with Gasteiger partial charge in [0.05, 0.1) is 6.61 Å². The van der Waals surface area contributed by atoms with E-state index in [9.17, 15) is 22.8 Å². The highest BCUT2D eigenvalue weighted by molar-refractivity contribution is 5.99. The van der Waals surface area contributed by atoms with Crippen molar-refractivity contribution in [3.63, 3.8) is 0 Å². The van der Waals surface area contributed by atoms with E-state index in [0.717, 1.165) is 25.3 Å². The summed E-state index contributed by atoms with van der Waals surface area (Å²) >= 11 is 0. The molecule has 1 aromatic rings. The lowest BCUT2D eigenvalue weighted by atomic mass is 9.94. The van der Waals surface area contributed by atoms with Crippen LogP contribution in [0.2, 0.25) is 0 Å². The zero-order valence-electron chi connectivity index (χ0n) is 19.6. The molecule has 0 bridgehead atoms. The number of halogens is 3. The van der Waals surface area contributed by atoms with Gasteiger partial charge in [0.15, 0.2) is 22.8 Å². The number of carbonyl (C=O) groups is 2. The van der Waals surface area contributed by atoms with Crippen LogP contribution in [0.3, 0.4) is 0 Å². The summed E-state index contributed by atoms with van der Waals surface area (Å²) in [6, 6.07) is 1.43. The van der Waals surface area contributed by atoms with E-state index in [4.69, 9.17) is 9.47 Å². The molecule has 0 aliphatic heterocycles. The van der Waals surface area contributed by atoms with Crippen LogP contribution in [0.25, 0.3) is 0 Å². The van der Waals surface area contributed by atoms with Crippen LogP contribution in [0.4, 0.5) is 13.2 Å². The molecule has 0 fully saturated rings. The average Bonchev–Trinajstić information content (AvgIpc) is 2.77. The lowest BCUT2D eigenvalue weighted by Gasteiger charge is -2.20. The van der Waals surface area contributed by atoms with E-state index in [2.05, 4.69) is 6.92 Å². The normalized spacial score (nSPS) is 11.4. The first-order valence-electron chi connectivity index (χ1n) is 11.7. The number of carbonyl (C=O) groups excluding carboxylic acids is 2. The Balaban J connectivity index is 2.21. The number of esters is 2. The summed E-state index contributed by atoms with van der Waals surface area (Å²) < 4.78 is 49.9. The van der Waals surface area contributed by atoms with E-state index < -0.39 is 40.6 Å². The highest BCUT2D eigenvalue weighted by atomic mass is 19.2. The first-order valence-corrected chi connectivity index (χ1v) is 11.7. The summed E-state index contributed by atoms with van der Waals surface area (Å²) in [6.45, 7) is 4.94. The molecule has 0 heterocycles. The molecule has 182 valence electrons. The van der Waals surface area contributed by atoms with E-state index in [1.54, 1.807) is 0 Å². The van der Waals surface area contributed by atoms with Crippen LogP contribution in [0, 0.1) is 22.9 Å². The molecule has 1 aromatic carbocycles. The van der Waals surface area contributed by atoms with Gasteiger partial charge >= 0.3 is 11.9 Å². The molecule has 0 aliphatic carbocycles. The second-order valence-corrected chi connectivity index (χ2v) is 8.71. The first-order chi connectivity index (χ1) is 15.2. The van der Waals surface area contributed by atoms with E-state index in [1.165, 1.54) is 65.2 Å². The molecule has 0 aliphatic rings. The Morgan fingerprint density at radius 1 is 0.750 bits per heavy atom. The van der Waals surface area contributed by atoms with Gasteiger partial charge in [-0.05, 0) is 32.4 Å². The fourth-order valence-corrected chi connectivity index (χ4v) is 3.19. The largest absolute Gasteiger partial charge is 0.465 e. The van der Waals surface area contributed by atoms with Crippen molar-refractivity contribution in [2.75, 3.05) is 6.61 Å². The monoisotopic (exact) mass is 458 g/mol. The predicted molar refractivity (Wildman–Crippen MR) is 118 cm³/mol. The molecule has 0 amide bonds. The van der Waals surface area contributed by atoms with Crippen molar-refractivity contribution in [2.45, 2.75) is 97.8 Å². The molecule has 0 saturated heterocycles. The van der Waals surface area contributed by atoms with Crippen LogP contribution in [0.15, 0.2) is 12.1 Å². The number of ether oxygens (including phenoxy) is 2. The molecular weight excluding hydrogens is 421 g/mol. The summed E-state index contributed by atoms with van der Waals surface area (Å²) in [5.41, 5.74) is -1.71. The fourth-order valence-electron chi connectivity index (χ4n) is 3.19. The van der Waals surface area contributed by atoms with Gasteiger partial charge in [0, 0.05) is 0 Å². The van der Waals surface area contributed by atoms with Gasteiger partial charge in [0.2, 0.25) is 5.82 Å². The summed E-state index contributed by atoms with van der Waals surface area (Å²) in [5, 5.41) is 0. The Morgan fingerprint density at radius 3 is 1.78 bits per heavy atom. The molecule has 0 spiro atoms. The molecule has 0 saturated carbocycles. The molecule has 1 rings (SSSR count). The van der Waals surface area contributed by atoms with Crippen LogP contribution in [0.1, 0.15) is 97.8 Å². The van der Waals surface area contributed by atoms with Crippen molar-refractivity contribution < 1.29 is 32.2 Å². The standard InChI is InChI=1S/C25H37F3O4/c1-4-5-6-7-8-9-10-11-12-13-14-15-18-31-23(29)25(2,3)24(30)32-20-17-16-19(26)21(27)22(20)28/h16-17H,4-15,18H2,1-3H3. The van der Waals surface area contributed by atoms with Gasteiger partial charge in [0.1, 0.15) is 0 Å². The predicted octanol–water partition coefficient (Wildman–Crippen LogP) is 7.28. The van der Waals surface area contributed by atoms with Crippen molar-refractivity contribution in [1.29, 1.82) is 0 Å². The van der Waals surface area contributed by atoms with Crippen LogP contribution in [-0.4, -0.2) is 18.5 Å². The minimum atomic E-state index is -1.75. The zero-order chi connectivity index (χ0) is 24.0. The van der Waals surface area contributed by atoms with Crippen LogP contribution < -0.4 is 4.74 Å². The molecule has 0 N–H and O–H groups in total. The lowest BCUT2D eigenvalue weighted by molar-refractivity contribution is -0.164. The third-order valence-corrected chi connectivity index (χ3v) is 5.45. The van der Waals surface area contributed by atoms with Crippen LogP contribution >= 0.6 is 0 Å². The number of rotatable bonds is 16. The molecule has 7 heteroatoms. The minimum Gasteiger partial charge on any atom is -0.465 e. The Kier molecular flexibility index (Phi) is 13.0. The van der Waals surface area contributed by atoms with Crippen molar-refractivity contribution in [1.82, 2.24) is 0 Å². The van der Waals surface area contributed by atoms with Crippen molar-refractivity contribution in [3.05, 3.63) is 29.6 Å². The van der Waals surface area contributed by atoms with Crippen molar-refractivity contribution in [2.24, 2.45) is 5.41 Å². The van der Waals surface area contributed by atoms with Crippen LogP contribution in [0.5, 0.6) is 5.75 Å². The molecule has 32 heavy (non-hydrogen) atoms.